The third kappa shape index (κ3) is 3.44. The molecule has 5 heteroatoms. The van der Waals surface area contributed by atoms with E-state index in [4.69, 9.17) is 5.73 Å². The van der Waals surface area contributed by atoms with Crippen LogP contribution in [0.4, 0.5) is 5.69 Å². The number of anilines is 1. The predicted molar refractivity (Wildman–Crippen MR) is 80.3 cm³/mol. The van der Waals surface area contributed by atoms with Gasteiger partial charge >= 0.3 is 0 Å². The van der Waals surface area contributed by atoms with Gasteiger partial charge in [-0.3, -0.25) is 4.21 Å². The lowest BCUT2D eigenvalue weighted by atomic mass is 10.3. The van der Waals surface area contributed by atoms with Crippen LogP contribution in [0.15, 0.2) is 35.5 Å². The zero-order valence-corrected chi connectivity index (χ0v) is 11.4. The van der Waals surface area contributed by atoms with Crippen molar-refractivity contribution in [1.29, 1.82) is 0 Å². The number of hydrogen-bond donors (Lipinski definition) is 1. The maximum Gasteiger partial charge on any atom is 0.0951 e. The first-order valence-electron chi connectivity index (χ1n) is 5.86. The van der Waals surface area contributed by atoms with Gasteiger partial charge in [0.25, 0.3) is 0 Å². The largest absolute Gasteiger partial charge is 0.399 e. The van der Waals surface area contributed by atoms with Gasteiger partial charge in [-0.25, -0.2) is 4.98 Å². The number of aromatic nitrogens is 2. The van der Waals surface area contributed by atoms with Gasteiger partial charge in [-0.05, 0) is 38.1 Å². The molecule has 0 saturated carbocycles. The fraction of sp³-hybridized carbons (Fsp3) is 0.357. The smallest absolute Gasteiger partial charge is 0.0951 e. The monoisotopic (exact) mass is 279 g/mol. The van der Waals surface area contributed by atoms with Gasteiger partial charge in [0.05, 0.1) is 34.3 Å². The molecule has 1 aromatic carbocycles. The van der Waals surface area contributed by atoms with Crippen molar-refractivity contribution in [3.63, 3.8) is 0 Å². The van der Waals surface area contributed by atoms with E-state index in [0.717, 1.165) is 22.8 Å². The lowest BCUT2D eigenvalue weighted by Crippen LogP contribution is -2.05. The second-order valence-corrected chi connectivity index (χ2v) is 5.57. The van der Waals surface area contributed by atoms with E-state index in [2.05, 4.69) is 11.9 Å². The van der Waals surface area contributed by atoms with Crippen LogP contribution < -0.4 is 5.73 Å². The Morgan fingerprint density at radius 3 is 2.53 bits per heavy atom. The number of imidazole rings is 1. The Morgan fingerprint density at radius 1 is 1.32 bits per heavy atom. The van der Waals surface area contributed by atoms with Crippen molar-refractivity contribution in [2.75, 3.05) is 5.73 Å². The average molecular weight is 279 g/mol. The van der Waals surface area contributed by atoms with E-state index in [0.29, 0.717) is 11.4 Å². The highest BCUT2D eigenvalue weighted by Gasteiger charge is 2.11. The molecule has 0 fully saturated rings. The second-order valence-electron chi connectivity index (χ2n) is 4.12. The summed E-state index contributed by atoms with van der Waals surface area (Å²) in [7, 11) is -1.06. The third-order valence-corrected chi connectivity index (χ3v) is 4.24. The molecule has 1 heterocycles. The highest BCUT2D eigenvalue weighted by atomic mass is 32.2. The molecule has 0 bridgehead atoms. The number of benzene rings is 1. The molecule has 4 nitrogen and oxygen atoms in total. The van der Waals surface area contributed by atoms with Crippen LogP contribution >= 0.6 is 0 Å². The van der Waals surface area contributed by atoms with Crippen molar-refractivity contribution < 1.29 is 4.21 Å². The van der Waals surface area contributed by atoms with Crippen molar-refractivity contribution in [1.82, 2.24) is 9.55 Å². The molecule has 0 radical (unpaired) electrons. The number of hydrogen-bond acceptors (Lipinski definition) is 3. The van der Waals surface area contributed by atoms with Crippen LogP contribution in [0.3, 0.4) is 0 Å². The first-order valence-corrected chi connectivity index (χ1v) is 7.18. The van der Waals surface area contributed by atoms with Crippen LogP contribution in [-0.4, -0.2) is 13.8 Å². The van der Waals surface area contributed by atoms with Crippen LogP contribution in [0, 0.1) is 6.92 Å². The van der Waals surface area contributed by atoms with Gasteiger partial charge in [0.1, 0.15) is 0 Å². The molecule has 0 aliphatic rings. The molecular formula is C14H21N3OS. The summed E-state index contributed by atoms with van der Waals surface area (Å²) in [5, 5.41) is 0. The zero-order chi connectivity index (χ0) is 13.1. The van der Waals surface area contributed by atoms with E-state index < -0.39 is 10.8 Å². The molecular weight excluding hydrogens is 258 g/mol. The molecule has 104 valence electrons. The lowest BCUT2D eigenvalue weighted by molar-refractivity contribution is 0.676. The second kappa shape index (κ2) is 6.52. The summed E-state index contributed by atoms with van der Waals surface area (Å²) >= 11 is 0. The van der Waals surface area contributed by atoms with Crippen molar-refractivity contribution >= 4 is 16.5 Å². The van der Waals surface area contributed by atoms with Crippen molar-refractivity contribution in [3.8, 4) is 0 Å². The molecule has 19 heavy (non-hydrogen) atoms. The first-order chi connectivity index (χ1) is 8.61. The summed E-state index contributed by atoms with van der Waals surface area (Å²) in [6, 6.07) is 7.18. The fourth-order valence-corrected chi connectivity index (χ4v) is 3.02. The summed E-state index contributed by atoms with van der Waals surface area (Å²) in [6.45, 7) is 4.84. The Labute approximate surface area is 117 Å². The quantitative estimate of drug-likeness (QED) is 0.875. The molecule has 1 aromatic heterocycles. The van der Waals surface area contributed by atoms with Crippen LogP contribution in [0.1, 0.15) is 25.7 Å². The summed E-state index contributed by atoms with van der Waals surface area (Å²) < 4.78 is 14.3. The van der Waals surface area contributed by atoms with E-state index in [1.165, 1.54) is 0 Å². The third-order valence-electron chi connectivity index (χ3n) is 2.91. The normalized spacial score (nSPS) is 11.9. The van der Waals surface area contributed by atoms with Crippen LogP contribution in [0.2, 0.25) is 0 Å². The van der Waals surface area contributed by atoms with Crippen molar-refractivity contribution in [2.24, 2.45) is 0 Å². The number of nitrogen functional groups attached to an aromatic ring is 1. The summed E-state index contributed by atoms with van der Waals surface area (Å²) in [4.78, 5) is 5.06. The van der Waals surface area contributed by atoms with Gasteiger partial charge in [0.2, 0.25) is 0 Å². The molecule has 2 rings (SSSR count). The number of rotatable bonds is 4. The van der Waals surface area contributed by atoms with E-state index in [1.54, 1.807) is 18.5 Å². The minimum absolute atomic E-state index is 0. The standard InChI is InChI=1S/C13H17N3OS.CH4/c1-3-16-9-15-10(2)13(16)8-18(17)12-6-4-11(14)5-7-12;/h4-7,9H,3,8,14H2,1-2H3;1H4/t18-;/m1./s1. The number of aryl methyl sites for hydroxylation is 2. The SMILES string of the molecule is C.CCn1cnc(C)c1C[S@@](=O)c1ccc(N)cc1. The molecule has 0 aliphatic heterocycles. The van der Waals surface area contributed by atoms with Crippen molar-refractivity contribution in [2.45, 2.75) is 38.5 Å². The molecule has 0 spiro atoms. The Hall–Kier alpha value is -1.62. The van der Waals surface area contributed by atoms with E-state index in [9.17, 15) is 4.21 Å². The summed E-state index contributed by atoms with van der Waals surface area (Å²) in [5.74, 6) is 0.490. The Morgan fingerprint density at radius 2 is 1.95 bits per heavy atom. The van der Waals surface area contributed by atoms with E-state index in [-0.39, 0.29) is 7.43 Å². The van der Waals surface area contributed by atoms with Gasteiger partial charge in [-0.2, -0.15) is 0 Å². The van der Waals surface area contributed by atoms with Gasteiger partial charge in [-0.15, -0.1) is 0 Å². The molecule has 0 saturated heterocycles. The van der Waals surface area contributed by atoms with Crippen LogP contribution in [0.25, 0.3) is 0 Å². The van der Waals surface area contributed by atoms with Gasteiger partial charge in [-0.1, -0.05) is 7.43 Å². The average Bonchev–Trinajstić information content (AvgIpc) is 2.71. The lowest BCUT2D eigenvalue weighted by Gasteiger charge is -2.07. The Bertz CT molecular complexity index is 561. The Kier molecular flexibility index (Phi) is 5.30. The zero-order valence-electron chi connectivity index (χ0n) is 10.6. The topological polar surface area (TPSA) is 60.9 Å². The minimum atomic E-state index is -1.06. The highest BCUT2D eigenvalue weighted by molar-refractivity contribution is 7.84. The van der Waals surface area contributed by atoms with Gasteiger partial charge < -0.3 is 10.3 Å². The molecule has 1 atom stereocenters. The fourth-order valence-electron chi connectivity index (χ4n) is 1.80. The number of nitrogens with zero attached hydrogens (tertiary/aromatic N) is 2. The van der Waals surface area contributed by atoms with Crippen LogP contribution in [-0.2, 0) is 23.1 Å². The Balaban J connectivity index is 0.00000180. The van der Waals surface area contributed by atoms with Crippen LogP contribution in [0.5, 0.6) is 0 Å². The number of nitrogens with two attached hydrogens (primary N) is 1. The van der Waals surface area contributed by atoms with Crippen molar-refractivity contribution in [3.05, 3.63) is 42.0 Å². The molecule has 0 amide bonds. The first kappa shape index (κ1) is 15.4. The summed E-state index contributed by atoms with van der Waals surface area (Å²) in [5.41, 5.74) is 8.29. The molecule has 0 aliphatic carbocycles. The highest BCUT2D eigenvalue weighted by Crippen LogP contribution is 2.16. The maximum absolute atomic E-state index is 12.3. The molecule has 0 unspecified atom stereocenters. The van der Waals surface area contributed by atoms with Gasteiger partial charge in [0, 0.05) is 17.1 Å². The van der Waals surface area contributed by atoms with E-state index in [1.807, 2.05) is 23.6 Å². The summed E-state index contributed by atoms with van der Waals surface area (Å²) in [6.07, 6.45) is 1.80. The minimum Gasteiger partial charge on any atom is -0.399 e. The maximum atomic E-state index is 12.3. The van der Waals surface area contributed by atoms with E-state index >= 15 is 0 Å². The molecule has 2 N–H and O–H groups in total. The molecule has 2 aromatic rings. The van der Waals surface area contributed by atoms with Gasteiger partial charge in [0.15, 0.2) is 0 Å². The predicted octanol–water partition coefficient (Wildman–Crippen LogP) is 2.74.